The molecule has 1 aliphatic heterocycles. The molecule has 0 aliphatic carbocycles. The number of rotatable bonds is 4. The summed E-state index contributed by atoms with van der Waals surface area (Å²) in [5.41, 5.74) is 1.08. The van der Waals surface area contributed by atoms with Crippen molar-refractivity contribution in [1.82, 2.24) is 15.2 Å². The zero-order valence-electron chi connectivity index (χ0n) is 14.2. The summed E-state index contributed by atoms with van der Waals surface area (Å²) in [5, 5.41) is 4.24. The van der Waals surface area contributed by atoms with E-state index in [4.69, 9.17) is 9.40 Å². The number of para-hydroxylation sites is 1. The third kappa shape index (κ3) is 3.75. The molecule has 0 saturated carbocycles. The molecule has 1 N–H and O–H groups in total. The summed E-state index contributed by atoms with van der Waals surface area (Å²) < 4.78 is 6.63. The van der Waals surface area contributed by atoms with Crippen LogP contribution >= 0.6 is 11.3 Å². The third-order valence-electron chi connectivity index (χ3n) is 4.58. The van der Waals surface area contributed by atoms with Gasteiger partial charge in [0.25, 0.3) is 5.91 Å². The van der Waals surface area contributed by atoms with Gasteiger partial charge in [-0.25, -0.2) is 4.98 Å². The Labute approximate surface area is 150 Å². The fourth-order valence-electron chi connectivity index (χ4n) is 3.23. The number of aromatic nitrogens is 1. The Bertz CT molecular complexity index is 845. The van der Waals surface area contributed by atoms with Crippen molar-refractivity contribution in [3.8, 4) is 0 Å². The van der Waals surface area contributed by atoms with E-state index in [1.54, 1.807) is 17.4 Å². The number of hydrogen-bond acceptors (Lipinski definition) is 5. The highest BCUT2D eigenvalue weighted by Crippen LogP contribution is 2.23. The van der Waals surface area contributed by atoms with Crippen LogP contribution in [0.3, 0.4) is 0 Å². The second-order valence-electron chi connectivity index (χ2n) is 6.51. The minimum Gasteiger partial charge on any atom is -0.456 e. The Morgan fingerprint density at radius 3 is 2.80 bits per heavy atom. The van der Waals surface area contributed by atoms with Crippen LogP contribution in [0.4, 0.5) is 0 Å². The quantitative estimate of drug-likeness (QED) is 0.777. The van der Waals surface area contributed by atoms with E-state index < -0.39 is 0 Å². The molecule has 130 valence electrons. The van der Waals surface area contributed by atoms with E-state index in [0.29, 0.717) is 5.76 Å². The molecule has 0 radical (unpaired) electrons. The molecular weight excluding hydrogens is 334 g/mol. The van der Waals surface area contributed by atoms with Gasteiger partial charge in [0.2, 0.25) is 0 Å². The number of carbonyl (C=O) groups is 1. The van der Waals surface area contributed by atoms with Gasteiger partial charge in [0.15, 0.2) is 5.76 Å². The molecule has 1 aromatic carbocycles. The lowest BCUT2D eigenvalue weighted by molar-refractivity contribution is 0.0879. The molecule has 6 heteroatoms. The van der Waals surface area contributed by atoms with E-state index in [9.17, 15) is 4.79 Å². The smallest absolute Gasteiger partial charge is 0.287 e. The van der Waals surface area contributed by atoms with Gasteiger partial charge in [-0.2, -0.15) is 0 Å². The summed E-state index contributed by atoms with van der Waals surface area (Å²) >= 11 is 1.77. The molecule has 1 amide bonds. The Morgan fingerprint density at radius 1 is 1.28 bits per heavy atom. The van der Waals surface area contributed by atoms with E-state index >= 15 is 0 Å². The number of furan rings is 1. The van der Waals surface area contributed by atoms with E-state index in [0.717, 1.165) is 48.8 Å². The molecule has 3 aromatic rings. The zero-order chi connectivity index (χ0) is 17.2. The molecular formula is C19H21N3O2S. The summed E-state index contributed by atoms with van der Waals surface area (Å²) in [6, 6.07) is 12.0. The van der Waals surface area contributed by atoms with Crippen molar-refractivity contribution in [3.63, 3.8) is 0 Å². The van der Waals surface area contributed by atoms with Crippen molar-refractivity contribution in [2.24, 2.45) is 0 Å². The average Bonchev–Trinajstić information content (AvgIpc) is 3.22. The number of carbonyl (C=O) groups excluding carboxylic acids is 1. The first-order chi connectivity index (χ1) is 12.2. The number of nitrogens with one attached hydrogen (secondary N) is 1. The lowest BCUT2D eigenvalue weighted by Crippen LogP contribution is -2.44. The van der Waals surface area contributed by atoms with Crippen molar-refractivity contribution in [1.29, 1.82) is 0 Å². The van der Waals surface area contributed by atoms with Crippen LogP contribution in [0.5, 0.6) is 0 Å². The normalized spacial score (nSPS) is 16.4. The van der Waals surface area contributed by atoms with Gasteiger partial charge in [0.1, 0.15) is 10.8 Å². The molecule has 0 bridgehead atoms. The van der Waals surface area contributed by atoms with Crippen molar-refractivity contribution in [2.45, 2.75) is 32.4 Å². The van der Waals surface area contributed by atoms with Crippen LogP contribution in [0, 0.1) is 6.92 Å². The van der Waals surface area contributed by atoms with E-state index in [1.807, 2.05) is 19.1 Å². The summed E-state index contributed by atoms with van der Waals surface area (Å²) in [7, 11) is 0. The van der Waals surface area contributed by atoms with Crippen molar-refractivity contribution < 1.29 is 9.21 Å². The third-order valence-corrected chi connectivity index (χ3v) is 5.61. The van der Waals surface area contributed by atoms with Gasteiger partial charge >= 0.3 is 0 Å². The largest absolute Gasteiger partial charge is 0.456 e. The molecule has 1 fully saturated rings. The first-order valence-corrected chi connectivity index (χ1v) is 9.43. The molecule has 0 spiro atoms. The number of likely N-dealkylation sites (tertiary alicyclic amines) is 1. The minimum atomic E-state index is -0.113. The first kappa shape index (κ1) is 16.3. The predicted octanol–water partition coefficient (Wildman–Crippen LogP) is 3.59. The lowest BCUT2D eigenvalue weighted by Gasteiger charge is -2.31. The van der Waals surface area contributed by atoms with Gasteiger partial charge in [0.05, 0.1) is 16.8 Å². The highest BCUT2D eigenvalue weighted by Gasteiger charge is 2.22. The molecule has 3 heterocycles. The fraction of sp³-hybridized carbons (Fsp3) is 0.368. The van der Waals surface area contributed by atoms with E-state index in [-0.39, 0.29) is 11.9 Å². The summed E-state index contributed by atoms with van der Waals surface area (Å²) in [6.45, 7) is 4.67. The number of amides is 1. The van der Waals surface area contributed by atoms with Crippen molar-refractivity contribution >= 4 is 27.5 Å². The van der Waals surface area contributed by atoms with Crippen LogP contribution in [0.2, 0.25) is 0 Å². The van der Waals surface area contributed by atoms with Gasteiger partial charge in [0, 0.05) is 19.1 Å². The maximum Gasteiger partial charge on any atom is 0.287 e. The number of hydrogen-bond donors (Lipinski definition) is 1. The number of piperidine rings is 1. The van der Waals surface area contributed by atoms with E-state index in [1.165, 1.54) is 4.70 Å². The molecule has 4 rings (SSSR count). The highest BCUT2D eigenvalue weighted by atomic mass is 32.1. The second-order valence-corrected chi connectivity index (χ2v) is 7.62. The molecule has 1 saturated heterocycles. The van der Waals surface area contributed by atoms with Crippen LogP contribution in [0.25, 0.3) is 10.2 Å². The fourth-order valence-corrected chi connectivity index (χ4v) is 4.24. The summed E-state index contributed by atoms with van der Waals surface area (Å²) in [5.74, 6) is 1.04. The number of benzene rings is 1. The summed E-state index contributed by atoms with van der Waals surface area (Å²) in [4.78, 5) is 19.3. The zero-order valence-corrected chi connectivity index (χ0v) is 15.0. The lowest BCUT2D eigenvalue weighted by atomic mass is 10.0. The van der Waals surface area contributed by atoms with E-state index in [2.05, 4.69) is 28.4 Å². The van der Waals surface area contributed by atoms with Crippen LogP contribution in [-0.2, 0) is 6.54 Å². The van der Waals surface area contributed by atoms with Gasteiger partial charge in [-0.3, -0.25) is 9.69 Å². The van der Waals surface area contributed by atoms with Crippen LogP contribution in [-0.4, -0.2) is 34.9 Å². The SMILES string of the molecule is Cc1ccc(C(=O)NC2CCN(Cc3nc4ccccc4s3)CC2)o1. The van der Waals surface area contributed by atoms with Crippen LogP contribution in [0.1, 0.15) is 34.2 Å². The maximum absolute atomic E-state index is 12.2. The van der Waals surface area contributed by atoms with Gasteiger partial charge in [-0.15, -0.1) is 11.3 Å². The maximum atomic E-state index is 12.2. The monoisotopic (exact) mass is 355 g/mol. The standard InChI is InChI=1S/C19H21N3O2S/c1-13-6-7-16(24-13)19(23)20-14-8-10-22(11-9-14)12-18-21-15-4-2-3-5-17(15)25-18/h2-7,14H,8-12H2,1H3,(H,20,23). The number of nitrogens with zero attached hydrogens (tertiary/aromatic N) is 2. The second kappa shape index (κ2) is 6.98. The van der Waals surface area contributed by atoms with Crippen molar-refractivity contribution in [3.05, 3.63) is 52.9 Å². The highest BCUT2D eigenvalue weighted by molar-refractivity contribution is 7.18. The minimum absolute atomic E-state index is 0.113. The number of aryl methyl sites for hydroxylation is 1. The van der Waals surface area contributed by atoms with Crippen LogP contribution < -0.4 is 5.32 Å². The average molecular weight is 355 g/mol. The Hall–Kier alpha value is -2.18. The number of thiazole rings is 1. The van der Waals surface area contributed by atoms with Gasteiger partial charge in [-0.05, 0) is 44.0 Å². The van der Waals surface area contributed by atoms with Gasteiger partial charge in [-0.1, -0.05) is 12.1 Å². The Kier molecular flexibility index (Phi) is 4.55. The molecule has 1 aliphatic rings. The summed E-state index contributed by atoms with van der Waals surface area (Å²) in [6.07, 6.45) is 1.91. The Balaban J connectivity index is 1.30. The van der Waals surface area contributed by atoms with Crippen molar-refractivity contribution in [2.75, 3.05) is 13.1 Å². The first-order valence-electron chi connectivity index (χ1n) is 8.61. The Morgan fingerprint density at radius 2 is 2.08 bits per heavy atom. The molecule has 5 nitrogen and oxygen atoms in total. The molecule has 2 aromatic heterocycles. The molecule has 0 atom stereocenters. The molecule has 25 heavy (non-hydrogen) atoms. The van der Waals surface area contributed by atoms with Gasteiger partial charge < -0.3 is 9.73 Å². The predicted molar refractivity (Wildman–Crippen MR) is 98.8 cm³/mol. The van der Waals surface area contributed by atoms with Crippen LogP contribution in [0.15, 0.2) is 40.8 Å². The topological polar surface area (TPSA) is 58.4 Å². The molecule has 0 unspecified atom stereocenters. The number of fused-ring (bicyclic) bond motifs is 1.